The van der Waals surface area contributed by atoms with E-state index < -0.39 is 87.1 Å². The van der Waals surface area contributed by atoms with Gasteiger partial charge in [-0.15, -0.1) is 0 Å². The van der Waals surface area contributed by atoms with E-state index in [0.717, 1.165) is 60.6 Å². The van der Waals surface area contributed by atoms with Gasteiger partial charge in [0.15, 0.2) is 39.3 Å². The number of nitrogens with one attached hydrogen (secondary N) is 2. The van der Waals surface area contributed by atoms with Crippen molar-refractivity contribution in [1.82, 2.24) is 39.9 Å². The summed E-state index contributed by atoms with van der Waals surface area (Å²) in [6.45, 7) is 15.2. The molecule has 4 aromatic carbocycles. The number of hydrogen-bond acceptors (Lipinski definition) is 24. The number of carboxylic acid groups (broad SMARTS) is 8. The van der Waals surface area contributed by atoms with Crippen LogP contribution in [0.3, 0.4) is 0 Å². The van der Waals surface area contributed by atoms with Crippen molar-refractivity contribution >= 4 is 134 Å². The van der Waals surface area contributed by atoms with Gasteiger partial charge in [-0.25, -0.2) is 79.2 Å². The Hall–Kier alpha value is -11.9. The second-order valence-electron chi connectivity index (χ2n) is 29.9. The van der Waals surface area contributed by atoms with E-state index in [0.29, 0.717) is 102 Å². The van der Waals surface area contributed by atoms with Gasteiger partial charge in [0.05, 0.1) is 111 Å². The molecule has 0 saturated heterocycles. The van der Waals surface area contributed by atoms with E-state index in [1.165, 1.54) is 67.8 Å². The minimum Gasteiger partial charge on any atom is -0.679 e. The molecular weight excluding hydrogens is 2310 g/mol. The molecule has 0 aliphatic heterocycles. The molecule has 13 rings (SSSR count). The molecule has 1 saturated carbocycles. The monoisotopic (exact) mass is 2400 g/mol. The van der Waals surface area contributed by atoms with Crippen molar-refractivity contribution in [3.63, 3.8) is 0 Å². The number of hydrogen-bond donors (Lipinski definition) is 8. The van der Waals surface area contributed by atoms with Gasteiger partial charge in [0.1, 0.15) is 0 Å². The first-order chi connectivity index (χ1) is 63.6. The summed E-state index contributed by atoms with van der Waals surface area (Å²) in [6.07, 6.45) is 15.5. The first-order valence-electron chi connectivity index (χ1n) is 40.1. The Kier molecular flexibility index (Phi) is 46.7. The molecule has 0 radical (unpaired) electrons. The van der Waals surface area contributed by atoms with Crippen LogP contribution in [0.2, 0.25) is 20.1 Å². The molecule has 8 aromatic heterocycles. The zero-order valence-electron chi connectivity index (χ0n) is 74.6. The van der Waals surface area contributed by atoms with E-state index in [4.69, 9.17) is 118 Å². The van der Waals surface area contributed by atoms with Gasteiger partial charge >= 0.3 is 89.9 Å². The van der Waals surface area contributed by atoms with Crippen molar-refractivity contribution in [1.29, 1.82) is 0 Å². The Balaban J connectivity index is 0.000000353. The smallest absolute Gasteiger partial charge is 0.679 e. The van der Waals surface area contributed by atoms with Crippen LogP contribution in [0.4, 0.5) is 0 Å². The van der Waals surface area contributed by atoms with Crippen molar-refractivity contribution in [3.05, 3.63) is 286 Å². The van der Waals surface area contributed by atoms with Crippen molar-refractivity contribution in [2.45, 2.75) is 111 Å². The molecule has 1 aliphatic carbocycles. The standard InChI is InChI=1S/4C20H17ClN2O4S.C7H13N.C3H7N.2C2H2O4.2Pt/c4*1-12-3-4-14(11-22-12)20-16(9-17(21)18(23-20)10-19(24)25)13-5-7-15(8-6-13)28(2,26)27;1-6-4-2-3-5-7(6)8;1-2-3-4;2*3-1(4)2(5)6;;/h4*3-9,11H,10H2,1-2H3,(H,24,25);6-8H,1-5H2;4H,1-3H2;2*(H,3,4)(H,5,6);;/q;;;;2*-2;;;2*+2/t;;;;6-,7-;;;;;/m....1...../s1. The first kappa shape index (κ1) is 118. The normalized spacial score (nSPS) is 12.4. The van der Waals surface area contributed by atoms with E-state index in [-0.39, 0.29) is 136 Å². The maximum Gasteiger partial charge on any atom is 2.00 e. The van der Waals surface area contributed by atoms with Crippen LogP contribution >= 0.6 is 46.4 Å². The average molecular weight is 2410 g/mol. The predicted molar refractivity (Wildman–Crippen MR) is 514 cm³/mol. The molecule has 1 fully saturated rings. The number of aromatic nitrogens is 8. The quantitative estimate of drug-likeness (QED) is 0.0245. The van der Waals surface area contributed by atoms with Crippen LogP contribution in [0.5, 0.6) is 0 Å². The summed E-state index contributed by atoms with van der Waals surface area (Å²) < 4.78 is 93.6. The Bertz CT molecular complexity index is 6010. The van der Waals surface area contributed by atoms with Crippen LogP contribution in [0.15, 0.2) is 214 Å². The molecular formula is C94H92Cl4N10O24Pt2S4. The molecule has 12 aromatic rings. The Morgan fingerprint density at radius 3 is 0.652 bits per heavy atom. The van der Waals surface area contributed by atoms with E-state index in [9.17, 15) is 52.8 Å². The summed E-state index contributed by atoms with van der Waals surface area (Å²) in [6, 6.07) is 46.9. The van der Waals surface area contributed by atoms with Gasteiger partial charge in [0.2, 0.25) is 0 Å². The van der Waals surface area contributed by atoms with Crippen LogP contribution in [-0.4, -0.2) is 200 Å². The molecule has 10 N–H and O–H groups in total. The number of benzene rings is 4. The zero-order chi connectivity index (χ0) is 102. The minimum atomic E-state index is -3.31. The van der Waals surface area contributed by atoms with Gasteiger partial charge in [0.25, 0.3) is 0 Å². The number of nitrogens with zero attached hydrogens (tertiary/aromatic N) is 8. The molecule has 0 bridgehead atoms. The largest absolute Gasteiger partial charge is 2.00 e. The van der Waals surface area contributed by atoms with Crippen molar-refractivity contribution < 1.29 is 155 Å². The fourth-order valence-electron chi connectivity index (χ4n) is 12.1. The second-order valence-corrected chi connectivity index (χ2v) is 39.6. The first-order valence-corrected chi connectivity index (χ1v) is 49.2. The number of rotatable bonds is 21. The SMILES string of the molecule is Cc1ccc(-c2nc(CC(=O)O)c(Cl)cc2-c2ccc(S(C)(=O)=O)cc2)cn1.Cc1ccc(-c2nc(CC(=O)O)c(Cl)cc2-c2ccc(S(C)(=O)=O)cc2)cn1.Cc1ccc(-c2nc(CC(=O)O)c(Cl)cc2-c2ccc(S(C)(=O)=O)cc2)cn1.Cc1ccc(-c2nc(CC(=O)O)c(Cl)cc2-c2ccc(S(C)(=O)=O)cc2)cn1.O=C(O)C(=O)O.O=C(O)C(=O)O.[CH2-]CC[NH-].[CH2-][C@@H]1CCCC[C@H]1[NH-].[Pt+2].[Pt+2]. The van der Waals surface area contributed by atoms with Gasteiger partial charge in [-0.3, -0.25) is 39.1 Å². The maximum atomic E-state index is 11.7. The molecule has 44 heteroatoms. The van der Waals surface area contributed by atoms with E-state index in [1.807, 2.05) is 76.2 Å². The van der Waals surface area contributed by atoms with Crippen LogP contribution < -0.4 is 0 Å². The number of halogens is 4. The van der Waals surface area contributed by atoms with E-state index in [1.54, 1.807) is 97.6 Å². The zero-order valence-corrected chi connectivity index (χ0v) is 85.4. The third-order valence-electron chi connectivity index (χ3n) is 19.0. The third kappa shape index (κ3) is 37.4. The molecule has 734 valence electrons. The number of aliphatic carboxylic acids is 8. The molecule has 0 spiro atoms. The van der Waals surface area contributed by atoms with Crippen molar-refractivity contribution in [2.75, 3.05) is 31.6 Å². The summed E-state index contributed by atoms with van der Waals surface area (Å²) in [5.41, 5.74) is 28.5. The topological polar surface area (TPSA) is 586 Å². The maximum absolute atomic E-state index is 11.7. The van der Waals surface area contributed by atoms with Crippen molar-refractivity contribution in [3.8, 4) is 89.5 Å². The number of carboxylic acids is 8. The van der Waals surface area contributed by atoms with Crippen LogP contribution in [0.25, 0.3) is 101 Å². The van der Waals surface area contributed by atoms with Gasteiger partial charge in [-0.05, 0) is 171 Å². The number of aryl methyl sites for hydroxylation is 4. The fraction of sp³-hybridized carbons (Fsp3) is 0.213. The van der Waals surface area contributed by atoms with Crippen LogP contribution in [-0.2, 0) is 146 Å². The molecule has 34 nitrogen and oxygen atoms in total. The Morgan fingerprint density at radius 2 is 0.522 bits per heavy atom. The Morgan fingerprint density at radius 1 is 0.341 bits per heavy atom. The third-order valence-corrected chi connectivity index (χ3v) is 24.9. The number of carbonyl (C=O) groups is 8. The second kappa shape index (κ2) is 54.5. The van der Waals surface area contributed by atoms with E-state index in [2.05, 4.69) is 53.7 Å². The average Bonchev–Trinajstić information content (AvgIpc) is 0.796. The summed E-state index contributed by atoms with van der Waals surface area (Å²) >= 11 is 25.1. The van der Waals surface area contributed by atoms with Gasteiger partial charge < -0.3 is 66.2 Å². The molecule has 1 aliphatic rings. The summed E-state index contributed by atoms with van der Waals surface area (Å²) in [7, 11) is -13.3. The predicted octanol–water partition coefficient (Wildman–Crippen LogP) is 17.2. The molecule has 0 unspecified atom stereocenters. The van der Waals surface area contributed by atoms with Gasteiger partial charge in [-0.2, -0.15) is 18.5 Å². The fourth-order valence-corrected chi connectivity index (χ4v) is 15.5. The summed E-state index contributed by atoms with van der Waals surface area (Å²) in [5, 5.41) is 66.9. The van der Waals surface area contributed by atoms with Gasteiger partial charge in [0, 0.05) is 117 Å². The minimum absolute atomic E-state index is 0. The molecule has 8 heterocycles. The summed E-state index contributed by atoms with van der Waals surface area (Å²) in [5.74, 6) is -11.0. The number of sulfone groups is 4. The van der Waals surface area contributed by atoms with Crippen molar-refractivity contribution in [2.24, 2.45) is 5.92 Å². The Labute approximate surface area is 845 Å². The summed E-state index contributed by atoms with van der Waals surface area (Å²) in [4.78, 5) is 117. The van der Waals surface area contributed by atoms with Crippen LogP contribution in [0, 0.1) is 47.5 Å². The van der Waals surface area contributed by atoms with E-state index >= 15 is 0 Å². The van der Waals surface area contributed by atoms with Crippen LogP contribution in [0.1, 0.15) is 77.7 Å². The molecule has 138 heavy (non-hydrogen) atoms. The molecule has 0 amide bonds. The number of pyridine rings is 8. The molecule has 2 atom stereocenters. The van der Waals surface area contributed by atoms with Gasteiger partial charge in [-0.1, -0.05) is 121 Å².